The molecule has 4 heterocycles. The van der Waals surface area contributed by atoms with Crippen molar-refractivity contribution in [2.45, 2.75) is 111 Å². The van der Waals surface area contributed by atoms with Gasteiger partial charge in [0, 0.05) is 0 Å². The Morgan fingerprint density at radius 1 is 0.512 bits per heavy atom. The fourth-order valence-corrected chi connectivity index (χ4v) is 4.84. The molecule has 12 N–H and O–H groups in total. The van der Waals surface area contributed by atoms with Gasteiger partial charge < -0.3 is 94.4 Å². The Morgan fingerprint density at radius 2 is 1.07 bits per heavy atom. The van der Waals surface area contributed by atoms with Crippen LogP contribution in [-0.4, -0.2) is 198 Å². The van der Waals surface area contributed by atoms with Crippen molar-refractivity contribution in [1.29, 1.82) is 0 Å². The SMILES string of the molecule is OC[C@H]1O[C@@H](O[C@@H]2[C@@H](O)[C@H](O)[C@@H](CO[C@@H]3OC[C@H](O)[C@H](O)[C@H]3O[C@@H]3OC[C@@H](O)[C@H](O)[C@H]3O)O[C@H]2O)[C@H](O)[C@@H](O)[C@@H]1O. The van der Waals surface area contributed by atoms with Gasteiger partial charge in [-0.15, -0.1) is 0 Å². The molecule has 4 aliphatic heterocycles. The molecular weight excluding hydrogens is 568 g/mol. The first-order chi connectivity index (χ1) is 19.3. The minimum absolute atomic E-state index is 0.412. The Balaban J connectivity index is 1.36. The van der Waals surface area contributed by atoms with Crippen molar-refractivity contribution in [1.82, 2.24) is 0 Å². The average Bonchev–Trinajstić information content (AvgIpc) is 2.95. The van der Waals surface area contributed by atoms with E-state index in [1.54, 1.807) is 0 Å². The molecule has 0 aromatic heterocycles. The minimum atomic E-state index is -1.96. The maximum Gasteiger partial charge on any atom is 0.187 e. The van der Waals surface area contributed by atoms with E-state index in [2.05, 4.69) is 0 Å². The quantitative estimate of drug-likeness (QED) is 0.122. The van der Waals surface area contributed by atoms with E-state index >= 15 is 0 Å². The summed E-state index contributed by atoms with van der Waals surface area (Å²) in [7, 11) is 0. The van der Waals surface area contributed by atoms with E-state index in [-0.39, 0.29) is 0 Å². The van der Waals surface area contributed by atoms with Crippen LogP contribution in [0.15, 0.2) is 0 Å². The molecule has 0 unspecified atom stereocenters. The third-order valence-electron chi connectivity index (χ3n) is 7.40. The molecule has 19 heteroatoms. The standard InChI is InChI=1S/C22H38O19/c23-1-7-11(28)13(30)16(33)21(39-7)40-17-14(31)12(29)8(38-19(17)34)4-37-22-18(10(27)6(25)3-36-22)41-20-15(32)9(26)5(24)2-35-20/h5-34H,1-4H2/t5-,6+,7-,8-,9+,10+,11-,12-,13+,14+,15-,16-,17-,18-,19-,20+,21+,22+/m1/s1. The third kappa shape index (κ3) is 6.99. The minimum Gasteiger partial charge on any atom is -0.394 e. The highest BCUT2D eigenvalue weighted by atomic mass is 16.8. The van der Waals surface area contributed by atoms with Gasteiger partial charge >= 0.3 is 0 Å². The lowest BCUT2D eigenvalue weighted by Gasteiger charge is -2.45. The van der Waals surface area contributed by atoms with Crippen LogP contribution in [0.25, 0.3) is 0 Å². The van der Waals surface area contributed by atoms with Crippen LogP contribution in [0, 0.1) is 0 Å². The maximum absolute atomic E-state index is 10.6. The smallest absolute Gasteiger partial charge is 0.187 e. The topological polar surface area (TPSA) is 307 Å². The van der Waals surface area contributed by atoms with Gasteiger partial charge in [0.05, 0.1) is 26.4 Å². The van der Waals surface area contributed by atoms with Crippen molar-refractivity contribution in [3.63, 3.8) is 0 Å². The molecule has 0 aromatic rings. The molecule has 4 saturated heterocycles. The summed E-state index contributed by atoms with van der Waals surface area (Å²) in [6, 6.07) is 0. The molecule has 240 valence electrons. The third-order valence-corrected chi connectivity index (χ3v) is 7.40. The van der Waals surface area contributed by atoms with E-state index in [1.165, 1.54) is 0 Å². The van der Waals surface area contributed by atoms with Crippen molar-refractivity contribution >= 4 is 0 Å². The van der Waals surface area contributed by atoms with Crippen LogP contribution < -0.4 is 0 Å². The first kappa shape index (κ1) is 33.1. The lowest BCUT2D eigenvalue weighted by molar-refractivity contribution is -0.369. The van der Waals surface area contributed by atoms with Gasteiger partial charge in [-0.3, -0.25) is 0 Å². The molecule has 0 aliphatic carbocycles. The molecule has 41 heavy (non-hydrogen) atoms. The summed E-state index contributed by atoms with van der Waals surface area (Å²) in [5.41, 5.74) is 0. The summed E-state index contributed by atoms with van der Waals surface area (Å²) < 4.78 is 37.3. The molecule has 18 atom stereocenters. The Hall–Kier alpha value is -0.760. The summed E-state index contributed by atoms with van der Waals surface area (Å²) in [6.45, 7) is -2.20. The number of rotatable bonds is 8. The Labute approximate surface area is 232 Å². The number of aliphatic hydroxyl groups excluding tert-OH is 12. The first-order valence-electron chi connectivity index (χ1n) is 12.9. The second-order valence-electron chi connectivity index (χ2n) is 10.3. The second kappa shape index (κ2) is 13.9. The van der Waals surface area contributed by atoms with Crippen LogP contribution in [-0.2, 0) is 33.2 Å². The molecule has 0 aromatic carbocycles. The molecule has 4 fully saturated rings. The average molecular weight is 607 g/mol. The molecule has 4 aliphatic rings. The van der Waals surface area contributed by atoms with Crippen molar-refractivity contribution in [3.8, 4) is 0 Å². The van der Waals surface area contributed by atoms with E-state index < -0.39 is 137 Å². The molecule has 0 saturated carbocycles. The Morgan fingerprint density at radius 3 is 1.73 bits per heavy atom. The van der Waals surface area contributed by atoms with Crippen LogP contribution in [0.3, 0.4) is 0 Å². The monoisotopic (exact) mass is 606 g/mol. The van der Waals surface area contributed by atoms with Gasteiger partial charge in [0.25, 0.3) is 0 Å². The van der Waals surface area contributed by atoms with Gasteiger partial charge in [-0.05, 0) is 0 Å². The zero-order chi connectivity index (χ0) is 30.2. The van der Waals surface area contributed by atoms with Gasteiger partial charge in [0.2, 0.25) is 0 Å². The maximum atomic E-state index is 10.6. The van der Waals surface area contributed by atoms with Crippen LogP contribution in [0.5, 0.6) is 0 Å². The fraction of sp³-hybridized carbons (Fsp3) is 1.00. The molecular formula is C22H38O19. The summed E-state index contributed by atoms with van der Waals surface area (Å²) in [5, 5.41) is 121. The Kier molecular flexibility index (Phi) is 11.2. The summed E-state index contributed by atoms with van der Waals surface area (Å²) in [5.74, 6) is 0. The largest absolute Gasteiger partial charge is 0.394 e. The Bertz CT molecular complexity index is 822. The molecule has 0 amide bonds. The van der Waals surface area contributed by atoms with Gasteiger partial charge in [0.1, 0.15) is 85.5 Å². The van der Waals surface area contributed by atoms with E-state index in [4.69, 9.17) is 33.2 Å². The number of hydrogen-bond acceptors (Lipinski definition) is 19. The van der Waals surface area contributed by atoms with E-state index in [9.17, 15) is 61.3 Å². The van der Waals surface area contributed by atoms with E-state index in [0.717, 1.165) is 0 Å². The summed E-state index contributed by atoms with van der Waals surface area (Å²) in [4.78, 5) is 0. The van der Waals surface area contributed by atoms with Crippen LogP contribution in [0.2, 0.25) is 0 Å². The van der Waals surface area contributed by atoms with Gasteiger partial charge in [-0.25, -0.2) is 0 Å². The zero-order valence-electron chi connectivity index (χ0n) is 21.4. The predicted molar refractivity (Wildman–Crippen MR) is 122 cm³/mol. The van der Waals surface area contributed by atoms with E-state index in [0.29, 0.717) is 0 Å². The summed E-state index contributed by atoms with van der Waals surface area (Å²) >= 11 is 0. The summed E-state index contributed by atoms with van der Waals surface area (Å²) in [6.07, 6.45) is -29.7. The van der Waals surface area contributed by atoms with Crippen molar-refractivity contribution in [3.05, 3.63) is 0 Å². The normalized spacial score (nSPS) is 53.3. The highest BCUT2D eigenvalue weighted by Crippen LogP contribution is 2.30. The van der Waals surface area contributed by atoms with Crippen LogP contribution in [0.4, 0.5) is 0 Å². The molecule has 19 nitrogen and oxygen atoms in total. The molecule has 0 spiro atoms. The number of hydrogen-bond donors (Lipinski definition) is 12. The predicted octanol–water partition coefficient (Wildman–Crippen LogP) is -8.47. The van der Waals surface area contributed by atoms with Crippen molar-refractivity contribution < 1.29 is 94.4 Å². The molecule has 0 bridgehead atoms. The highest BCUT2D eigenvalue weighted by molar-refractivity contribution is 4.94. The van der Waals surface area contributed by atoms with Crippen molar-refractivity contribution in [2.75, 3.05) is 26.4 Å². The highest BCUT2D eigenvalue weighted by Gasteiger charge is 2.51. The zero-order valence-corrected chi connectivity index (χ0v) is 21.4. The molecule has 0 radical (unpaired) electrons. The van der Waals surface area contributed by atoms with Gasteiger partial charge in [-0.2, -0.15) is 0 Å². The van der Waals surface area contributed by atoms with Crippen LogP contribution >= 0.6 is 0 Å². The molecule has 4 rings (SSSR count). The fourth-order valence-electron chi connectivity index (χ4n) is 4.84. The van der Waals surface area contributed by atoms with Crippen molar-refractivity contribution in [2.24, 2.45) is 0 Å². The first-order valence-corrected chi connectivity index (χ1v) is 12.9. The van der Waals surface area contributed by atoms with Crippen LogP contribution in [0.1, 0.15) is 0 Å². The van der Waals surface area contributed by atoms with Gasteiger partial charge in [-0.1, -0.05) is 0 Å². The number of ether oxygens (including phenoxy) is 7. The number of aliphatic hydroxyl groups is 12. The van der Waals surface area contributed by atoms with E-state index in [1.807, 2.05) is 0 Å². The lowest BCUT2D eigenvalue weighted by Crippen LogP contribution is -2.64. The second-order valence-corrected chi connectivity index (χ2v) is 10.3. The van der Waals surface area contributed by atoms with Gasteiger partial charge in [0.15, 0.2) is 25.2 Å². The lowest BCUT2D eigenvalue weighted by atomic mass is 9.97.